The molecule has 0 amide bonds. The lowest BCUT2D eigenvalue weighted by molar-refractivity contribution is -0.307. The number of nitrogen functional groups attached to an aromatic ring is 1. The minimum atomic E-state index is -1.23. The first-order valence-corrected chi connectivity index (χ1v) is 9.88. The van der Waals surface area contributed by atoms with E-state index in [0.29, 0.717) is 41.8 Å². The summed E-state index contributed by atoms with van der Waals surface area (Å²) in [5, 5.41) is 25.8. The van der Waals surface area contributed by atoms with E-state index in [-0.39, 0.29) is 18.2 Å². The number of carboxylic acid groups (broad SMARTS) is 1. The third-order valence-electron chi connectivity index (χ3n) is 5.08. The minimum Gasteiger partial charge on any atom is -0.548 e. The minimum absolute atomic E-state index is 0. The Labute approximate surface area is 182 Å². The Hall–Kier alpha value is -2.77. The number of aliphatic carboxylic acids is 1. The number of ether oxygens (including phenoxy) is 1. The molecule has 1 fully saturated rings. The summed E-state index contributed by atoms with van der Waals surface area (Å²) in [4.78, 5) is 11.9. The number of benzene rings is 2. The SMILES string of the molecule is CCOc1cc(CNC2CCC2)cc(C(Nc2ccc(C(=N)N)cc2)C(=O)[O-])c1.Cl. The van der Waals surface area contributed by atoms with E-state index in [1.165, 1.54) is 19.3 Å². The molecule has 0 aromatic heterocycles. The molecule has 1 atom stereocenters. The Kier molecular flexibility index (Phi) is 8.50. The van der Waals surface area contributed by atoms with Crippen molar-refractivity contribution in [1.29, 1.82) is 5.41 Å². The van der Waals surface area contributed by atoms with E-state index in [2.05, 4.69) is 10.6 Å². The average molecular weight is 432 g/mol. The first-order valence-electron chi connectivity index (χ1n) is 9.88. The average Bonchev–Trinajstić information content (AvgIpc) is 2.65. The van der Waals surface area contributed by atoms with Crippen molar-refractivity contribution in [2.75, 3.05) is 11.9 Å². The van der Waals surface area contributed by atoms with Crippen molar-refractivity contribution in [2.24, 2.45) is 5.73 Å². The molecular weight excluding hydrogens is 404 g/mol. The van der Waals surface area contributed by atoms with Gasteiger partial charge in [-0.3, -0.25) is 5.41 Å². The number of halogens is 1. The van der Waals surface area contributed by atoms with Crippen LogP contribution in [0.3, 0.4) is 0 Å². The number of rotatable bonds is 10. The van der Waals surface area contributed by atoms with Gasteiger partial charge in [0.1, 0.15) is 11.6 Å². The molecule has 0 spiro atoms. The number of nitrogens with one attached hydrogen (secondary N) is 3. The highest BCUT2D eigenvalue weighted by Gasteiger charge is 2.18. The zero-order valence-electron chi connectivity index (χ0n) is 16.9. The highest BCUT2D eigenvalue weighted by molar-refractivity contribution is 5.95. The van der Waals surface area contributed by atoms with Crippen molar-refractivity contribution < 1.29 is 14.6 Å². The summed E-state index contributed by atoms with van der Waals surface area (Å²) in [6, 6.07) is 11.7. The van der Waals surface area contributed by atoms with Gasteiger partial charge in [0.05, 0.1) is 18.6 Å². The van der Waals surface area contributed by atoms with Gasteiger partial charge in [0.2, 0.25) is 0 Å². The number of carbonyl (C=O) groups is 1. The zero-order valence-corrected chi connectivity index (χ0v) is 17.8. The number of hydrogen-bond donors (Lipinski definition) is 4. The first kappa shape index (κ1) is 23.5. The van der Waals surface area contributed by atoms with Crippen LogP contribution in [0.1, 0.15) is 48.9 Å². The Balaban J connectivity index is 0.00000320. The van der Waals surface area contributed by atoms with Gasteiger partial charge in [-0.25, -0.2) is 0 Å². The number of nitrogens with two attached hydrogens (primary N) is 1. The molecule has 0 radical (unpaired) electrons. The standard InChI is InChI=1S/C22H28N4O3.ClH/c1-2-29-19-11-14(13-25-17-4-3-5-17)10-16(12-19)20(22(27)28)26-18-8-6-15(7-9-18)21(23)24;/h6-12,17,20,25-26H,2-5,13H2,1H3,(H3,23,24)(H,27,28);1H/p-1. The Bertz CT molecular complexity index is 869. The van der Waals surface area contributed by atoms with Crippen LogP contribution in [0.4, 0.5) is 5.69 Å². The van der Waals surface area contributed by atoms with E-state index in [1.807, 2.05) is 19.1 Å². The lowest BCUT2D eigenvalue weighted by Crippen LogP contribution is -2.35. The van der Waals surface area contributed by atoms with Gasteiger partial charge < -0.3 is 31.0 Å². The molecule has 1 aliphatic rings. The zero-order chi connectivity index (χ0) is 20.8. The second-order valence-electron chi connectivity index (χ2n) is 7.24. The lowest BCUT2D eigenvalue weighted by Gasteiger charge is -2.27. The van der Waals surface area contributed by atoms with Crippen LogP contribution in [0.5, 0.6) is 5.75 Å². The topological polar surface area (TPSA) is 123 Å². The molecule has 1 unspecified atom stereocenters. The van der Waals surface area contributed by atoms with Crippen molar-refractivity contribution in [3.05, 3.63) is 59.2 Å². The second kappa shape index (κ2) is 10.8. The molecule has 8 heteroatoms. The van der Waals surface area contributed by atoms with Gasteiger partial charge in [0, 0.05) is 23.8 Å². The highest BCUT2D eigenvalue weighted by Crippen LogP contribution is 2.26. The molecule has 0 saturated heterocycles. The third kappa shape index (κ3) is 6.11. The van der Waals surface area contributed by atoms with Gasteiger partial charge in [0.15, 0.2) is 0 Å². The van der Waals surface area contributed by atoms with Crippen LogP contribution in [0.25, 0.3) is 0 Å². The molecule has 30 heavy (non-hydrogen) atoms. The highest BCUT2D eigenvalue weighted by atomic mass is 35.5. The number of hydrogen-bond acceptors (Lipinski definition) is 6. The molecule has 0 bridgehead atoms. The maximum Gasteiger partial charge on any atom is 0.122 e. The van der Waals surface area contributed by atoms with Gasteiger partial charge in [0.25, 0.3) is 0 Å². The van der Waals surface area contributed by atoms with Gasteiger partial charge >= 0.3 is 0 Å². The van der Waals surface area contributed by atoms with Crippen molar-refractivity contribution >= 4 is 29.9 Å². The third-order valence-corrected chi connectivity index (χ3v) is 5.08. The lowest BCUT2D eigenvalue weighted by atomic mass is 9.93. The second-order valence-corrected chi connectivity index (χ2v) is 7.24. The van der Waals surface area contributed by atoms with Crippen LogP contribution in [0.2, 0.25) is 0 Å². The van der Waals surface area contributed by atoms with E-state index in [0.717, 1.165) is 5.56 Å². The van der Waals surface area contributed by atoms with Crippen LogP contribution in [-0.4, -0.2) is 24.5 Å². The molecular formula is C22H28ClN4O3-. The summed E-state index contributed by atoms with van der Waals surface area (Å²) < 4.78 is 5.65. The largest absolute Gasteiger partial charge is 0.548 e. The molecule has 7 nitrogen and oxygen atoms in total. The van der Waals surface area contributed by atoms with Crippen LogP contribution in [0.15, 0.2) is 42.5 Å². The van der Waals surface area contributed by atoms with E-state index in [1.54, 1.807) is 30.3 Å². The fraction of sp³-hybridized carbons (Fsp3) is 0.364. The molecule has 0 heterocycles. The number of anilines is 1. The van der Waals surface area contributed by atoms with Crippen molar-refractivity contribution in [3.63, 3.8) is 0 Å². The fourth-order valence-corrected chi connectivity index (χ4v) is 3.27. The van der Waals surface area contributed by atoms with Crippen LogP contribution in [0, 0.1) is 5.41 Å². The fourth-order valence-electron chi connectivity index (χ4n) is 3.27. The Morgan fingerprint density at radius 3 is 2.50 bits per heavy atom. The molecule has 1 aliphatic carbocycles. The van der Waals surface area contributed by atoms with E-state index >= 15 is 0 Å². The number of amidine groups is 1. The summed E-state index contributed by atoms with van der Waals surface area (Å²) in [7, 11) is 0. The Morgan fingerprint density at radius 2 is 1.97 bits per heavy atom. The van der Waals surface area contributed by atoms with Gasteiger partial charge in [-0.05, 0) is 67.3 Å². The summed E-state index contributed by atoms with van der Waals surface area (Å²) in [6.07, 6.45) is 3.61. The summed E-state index contributed by atoms with van der Waals surface area (Å²) in [5.41, 5.74) is 8.18. The van der Waals surface area contributed by atoms with Crippen molar-refractivity contribution in [3.8, 4) is 5.75 Å². The van der Waals surface area contributed by atoms with Crippen molar-refractivity contribution in [2.45, 2.75) is 44.8 Å². The smallest absolute Gasteiger partial charge is 0.122 e. The van der Waals surface area contributed by atoms with E-state index < -0.39 is 12.0 Å². The van der Waals surface area contributed by atoms with Gasteiger partial charge in [-0.1, -0.05) is 12.5 Å². The quantitative estimate of drug-likeness (QED) is 0.338. The van der Waals surface area contributed by atoms with Crippen molar-refractivity contribution in [1.82, 2.24) is 5.32 Å². The molecule has 3 rings (SSSR count). The van der Waals surface area contributed by atoms with Gasteiger partial charge in [-0.2, -0.15) is 0 Å². The summed E-state index contributed by atoms with van der Waals surface area (Å²) >= 11 is 0. The predicted octanol–water partition coefficient (Wildman–Crippen LogP) is 2.34. The molecule has 162 valence electrons. The molecule has 1 saturated carbocycles. The summed E-state index contributed by atoms with van der Waals surface area (Å²) in [6.45, 7) is 3.05. The van der Waals surface area contributed by atoms with E-state index in [4.69, 9.17) is 15.9 Å². The molecule has 2 aromatic rings. The number of carbonyl (C=O) groups excluding carboxylic acids is 1. The molecule has 2 aromatic carbocycles. The maximum absolute atomic E-state index is 11.9. The Morgan fingerprint density at radius 1 is 1.27 bits per heavy atom. The first-order chi connectivity index (χ1) is 14.0. The maximum atomic E-state index is 11.9. The van der Waals surface area contributed by atoms with Crippen LogP contribution >= 0.6 is 12.4 Å². The number of carboxylic acids is 1. The van der Waals surface area contributed by atoms with E-state index in [9.17, 15) is 9.90 Å². The molecule has 5 N–H and O–H groups in total. The van der Waals surface area contributed by atoms with Gasteiger partial charge in [-0.15, -0.1) is 12.4 Å². The van der Waals surface area contributed by atoms with Crippen LogP contribution < -0.4 is 26.2 Å². The summed E-state index contributed by atoms with van der Waals surface area (Å²) in [5.74, 6) is -0.636. The molecule has 0 aliphatic heterocycles. The monoisotopic (exact) mass is 431 g/mol. The normalized spacial score (nSPS) is 14.2. The predicted molar refractivity (Wildman–Crippen MR) is 118 cm³/mol. The van der Waals surface area contributed by atoms with Crippen LogP contribution in [-0.2, 0) is 11.3 Å².